The van der Waals surface area contributed by atoms with Gasteiger partial charge in [-0.25, -0.2) is 9.59 Å². The number of methoxy groups -OCH3 is 1. The fourth-order valence-corrected chi connectivity index (χ4v) is 3.65. The van der Waals surface area contributed by atoms with E-state index in [1.165, 1.54) is 13.2 Å². The van der Waals surface area contributed by atoms with Crippen molar-refractivity contribution in [2.24, 2.45) is 5.73 Å². The lowest BCUT2D eigenvalue weighted by Gasteiger charge is -2.26. The minimum absolute atomic E-state index is 0.0375. The maximum atomic E-state index is 12.2. The van der Waals surface area contributed by atoms with Crippen LogP contribution in [0.1, 0.15) is 33.0 Å². The average molecular weight is 452 g/mol. The summed E-state index contributed by atoms with van der Waals surface area (Å²) >= 11 is 0. The molecule has 7 heteroatoms. The Hall–Kier alpha value is -4.83. The molecule has 0 fully saturated rings. The molecule has 1 atom stereocenters. The van der Waals surface area contributed by atoms with E-state index in [1.807, 2.05) is 30.3 Å². The summed E-state index contributed by atoms with van der Waals surface area (Å²) in [5.74, 6) is -0.906. The van der Waals surface area contributed by atoms with Crippen LogP contribution in [0, 0.1) is 11.3 Å². The summed E-state index contributed by atoms with van der Waals surface area (Å²) in [6.07, 6.45) is 2.99. The number of fused-ring (bicyclic) bond motifs is 1. The van der Waals surface area contributed by atoms with E-state index in [-0.39, 0.29) is 17.2 Å². The molecule has 3 aromatic carbocycles. The maximum Gasteiger partial charge on any atom is 0.337 e. The summed E-state index contributed by atoms with van der Waals surface area (Å²) in [7, 11) is 1.31. The number of hydrogen-bond acceptors (Lipinski definition) is 7. The van der Waals surface area contributed by atoms with Crippen LogP contribution in [-0.4, -0.2) is 19.0 Å². The average Bonchev–Trinajstić information content (AvgIpc) is 2.87. The Bertz CT molecular complexity index is 1340. The summed E-state index contributed by atoms with van der Waals surface area (Å²) in [6, 6.07) is 23.1. The second-order valence-electron chi connectivity index (χ2n) is 7.40. The lowest BCUT2D eigenvalue weighted by atomic mass is 9.83. The summed E-state index contributed by atoms with van der Waals surface area (Å²) in [5.41, 5.74) is 8.96. The van der Waals surface area contributed by atoms with Gasteiger partial charge in [0.05, 0.1) is 18.6 Å². The third-order valence-electron chi connectivity index (χ3n) is 5.29. The molecule has 0 aliphatic carbocycles. The standard InChI is InChI=1S/C27H20N2O5/c1-32-27(31)19-10-8-18(9-11-19)25-21-13-12-20(15-23(21)34-26(29)22(25)16-28)33-24(30)14-7-17-5-3-2-4-6-17/h2-15,25H,29H2,1H3/b14-7+. The molecule has 4 rings (SSSR count). The molecule has 1 aliphatic heterocycles. The molecule has 168 valence electrons. The van der Waals surface area contributed by atoms with Crippen LogP contribution in [0.4, 0.5) is 0 Å². The molecule has 0 spiro atoms. The molecule has 0 radical (unpaired) electrons. The number of nitrogens with zero attached hydrogens (tertiary/aromatic N) is 1. The van der Waals surface area contributed by atoms with E-state index in [4.69, 9.17) is 19.9 Å². The van der Waals surface area contributed by atoms with Gasteiger partial charge in [-0.05, 0) is 35.4 Å². The SMILES string of the molecule is COC(=O)c1ccc(C2C(C#N)=C(N)Oc3cc(OC(=O)/C=C/c4ccccc4)ccc32)cc1. The normalized spacial score (nSPS) is 14.6. The number of carbonyl (C=O) groups is 2. The van der Waals surface area contributed by atoms with Gasteiger partial charge < -0.3 is 19.9 Å². The van der Waals surface area contributed by atoms with Gasteiger partial charge in [-0.2, -0.15) is 5.26 Å². The van der Waals surface area contributed by atoms with Crippen molar-refractivity contribution in [1.82, 2.24) is 0 Å². The van der Waals surface area contributed by atoms with E-state index in [9.17, 15) is 14.9 Å². The van der Waals surface area contributed by atoms with Crippen LogP contribution in [0.3, 0.4) is 0 Å². The van der Waals surface area contributed by atoms with Crippen molar-refractivity contribution < 1.29 is 23.8 Å². The van der Waals surface area contributed by atoms with Crippen molar-refractivity contribution in [1.29, 1.82) is 5.26 Å². The lowest BCUT2D eigenvalue weighted by Crippen LogP contribution is -2.21. The van der Waals surface area contributed by atoms with Gasteiger partial charge in [-0.3, -0.25) is 0 Å². The Balaban J connectivity index is 1.61. The van der Waals surface area contributed by atoms with E-state index < -0.39 is 17.9 Å². The van der Waals surface area contributed by atoms with E-state index in [0.717, 1.165) is 11.1 Å². The van der Waals surface area contributed by atoms with Gasteiger partial charge in [-0.15, -0.1) is 0 Å². The molecule has 3 aromatic rings. The van der Waals surface area contributed by atoms with Crippen molar-refractivity contribution in [3.63, 3.8) is 0 Å². The first-order chi connectivity index (χ1) is 16.5. The predicted molar refractivity (Wildman–Crippen MR) is 125 cm³/mol. The number of rotatable bonds is 5. The molecule has 34 heavy (non-hydrogen) atoms. The van der Waals surface area contributed by atoms with Crippen LogP contribution in [0.5, 0.6) is 11.5 Å². The molecule has 0 saturated carbocycles. The number of hydrogen-bond donors (Lipinski definition) is 1. The highest BCUT2D eigenvalue weighted by atomic mass is 16.5. The third-order valence-corrected chi connectivity index (χ3v) is 5.29. The minimum atomic E-state index is -0.546. The van der Waals surface area contributed by atoms with Gasteiger partial charge in [0.15, 0.2) is 0 Å². The van der Waals surface area contributed by atoms with Crippen molar-refractivity contribution >= 4 is 18.0 Å². The molecule has 0 saturated heterocycles. The first kappa shape index (κ1) is 22.4. The number of allylic oxidation sites excluding steroid dienone is 1. The predicted octanol–water partition coefficient (Wildman–Crippen LogP) is 4.31. The molecular formula is C27H20N2O5. The molecule has 1 heterocycles. The Labute approximate surface area is 196 Å². The van der Waals surface area contributed by atoms with Gasteiger partial charge in [0.25, 0.3) is 0 Å². The second kappa shape index (κ2) is 9.76. The second-order valence-corrected chi connectivity index (χ2v) is 7.40. The number of nitriles is 1. The van der Waals surface area contributed by atoms with Gasteiger partial charge in [-0.1, -0.05) is 48.5 Å². The summed E-state index contributed by atoms with van der Waals surface area (Å²) < 4.78 is 15.8. The van der Waals surface area contributed by atoms with Crippen LogP contribution in [0.2, 0.25) is 0 Å². The smallest absolute Gasteiger partial charge is 0.337 e. The summed E-state index contributed by atoms with van der Waals surface area (Å²) in [5, 5.41) is 9.71. The van der Waals surface area contributed by atoms with Crippen molar-refractivity contribution in [3.05, 3.63) is 113 Å². The molecular weight excluding hydrogens is 432 g/mol. The van der Waals surface area contributed by atoms with Crippen LogP contribution in [0.15, 0.2) is 90.3 Å². The largest absolute Gasteiger partial charge is 0.465 e. The Morgan fingerprint density at radius 2 is 1.79 bits per heavy atom. The van der Waals surface area contributed by atoms with Gasteiger partial charge in [0, 0.05) is 17.7 Å². The molecule has 2 N–H and O–H groups in total. The highest BCUT2D eigenvalue weighted by Gasteiger charge is 2.31. The third kappa shape index (κ3) is 4.66. The van der Waals surface area contributed by atoms with E-state index in [0.29, 0.717) is 16.9 Å². The first-order valence-corrected chi connectivity index (χ1v) is 10.3. The van der Waals surface area contributed by atoms with E-state index in [1.54, 1.807) is 48.5 Å². The topological polar surface area (TPSA) is 112 Å². The highest BCUT2D eigenvalue weighted by molar-refractivity contribution is 5.89. The molecule has 7 nitrogen and oxygen atoms in total. The zero-order chi connectivity index (χ0) is 24.1. The van der Waals surface area contributed by atoms with E-state index >= 15 is 0 Å². The van der Waals surface area contributed by atoms with Gasteiger partial charge in [0.2, 0.25) is 5.88 Å². The van der Waals surface area contributed by atoms with Crippen LogP contribution >= 0.6 is 0 Å². The fraction of sp³-hybridized carbons (Fsp3) is 0.0741. The lowest BCUT2D eigenvalue weighted by molar-refractivity contribution is -0.128. The van der Waals surface area contributed by atoms with Gasteiger partial charge in [0.1, 0.15) is 23.1 Å². The number of ether oxygens (including phenoxy) is 3. The maximum absolute atomic E-state index is 12.2. The van der Waals surface area contributed by atoms with Gasteiger partial charge >= 0.3 is 11.9 Å². The molecule has 0 amide bonds. The Morgan fingerprint density at radius 3 is 2.47 bits per heavy atom. The summed E-state index contributed by atoms with van der Waals surface area (Å²) in [6.45, 7) is 0. The number of esters is 2. The quantitative estimate of drug-likeness (QED) is 0.349. The minimum Gasteiger partial charge on any atom is -0.465 e. The zero-order valence-electron chi connectivity index (χ0n) is 18.2. The number of nitrogens with two attached hydrogens (primary N) is 1. The Morgan fingerprint density at radius 1 is 1.06 bits per heavy atom. The number of carbonyl (C=O) groups excluding carboxylic acids is 2. The van der Waals surface area contributed by atoms with E-state index in [2.05, 4.69) is 6.07 Å². The van der Waals surface area contributed by atoms with Crippen LogP contribution in [0.25, 0.3) is 6.08 Å². The fourth-order valence-electron chi connectivity index (χ4n) is 3.65. The number of benzene rings is 3. The van der Waals surface area contributed by atoms with Crippen molar-refractivity contribution in [2.45, 2.75) is 5.92 Å². The molecule has 0 bridgehead atoms. The van der Waals surface area contributed by atoms with Crippen molar-refractivity contribution in [2.75, 3.05) is 7.11 Å². The first-order valence-electron chi connectivity index (χ1n) is 10.3. The zero-order valence-corrected chi connectivity index (χ0v) is 18.2. The van der Waals surface area contributed by atoms with Crippen LogP contribution < -0.4 is 15.2 Å². The monoisotopic (exact) mass is 452 g/mol. The van der Waals surface area contributed by atoms with Crippen LogP contribution in [-0.2, 0) is 9.53 Å². The summed E-state index contributed by atoms with van der Waals surface area (Å²) in [4.78, 5) is 24.0. The highest BCUT2D eigenvalue weighted by Crippen LogP contribution is 2.43. The Kier molecular flexibility index (Phi) is 6.42. The van der Waals surface area contributed by atoms with Crippen molar-refractivity contribution in [3.8, 4) is 17.6 Å². The molecule has 1 unspecified atom stereocenters. The molecule has 0 aromatic heterocycles. The molecule has 1 aliphatic rings.